The van der Waals surface area contributed by atoms with Crippen LogP contribution in [0, 0.1) is 0 Å². The number of hydrogen-bond acceptors (Lipinski definition) is 2. The largest absolute Gasteiger partial charge is 0.496 e. The Bertz CT molecular complexity index is 534. The van der Waals surface area contributed by atoms with E-state index in [0.29, 0.717) is 6.54 Å². The molecule has 1 heterocycles. The number of aromatic nitrogens is 1. The maximum atomic E-state index is 6.24. The van der Waals surface area contributed by atoms with Crippen molar-refractivity contribution in [3.63, 3.8) is 0 Å². The van der Waals surface area contributed by atoms with E-state index < -0.39 is 0 Å². The van der Waals surface area contributed by atoms with Crippen molar-refractivity contribution in [3.05, 3.63) is 28.9 Å². The molecule has 1 aromatic heterocycles. The van der Waals surface area contributed by atoms with E-state index >= 15 is 0 Å². The lowest BCUT2D eigenvalue weighted by atomic mass is 10.1. The molecule has 0 aliphatic carbocycles. The summed E-state index contributed by atoms with van der Waals surface area (Å²) >= 11 is 6.24. The molecule has 0 aliphatic rings. The van der Waals surface area contributed by atoms with Crippen LogP contribution in [0.3, 0.4) is 0 Å². The maximum Gasteiger partial charge on any atom is 0.128 e. The Morgan fingerprint density at radius 3 is 2.82 bits per heavy atom. The third-order valence-corrected chi connectivity index (χ3v) is 3.29. The predicted molar refractivity (Wildman–Crippen MR) is 71.9 cm³/mol. The van der Waals surface area contributed by atoms with Gasteiger partial charge in [0.25, 0.3) is 0 Å². The number of methoxy groups -OCH3 is 1. The summed E-state index contributed by atoms with van der Waals surface area (Å²) < 4.78 is 7.46. The number of benzene rings is 1. The minimum atomic E-state index is 0.694. The highest BCUT2D eigenvalue weighted by atomic mass is 35.5. The summed E-state index contributed by atoms with van der Waals surface area (Å²) in [4.78, 5) is 0. The van der Waals surface area contributed by atoms with E-state index in [1.54, 1.807) is 7.11 Å². The van der Waals surface area contributed by atoms with Crippen molar-refractivity contribution >= 4 is 22.5 Å². The number of aryl methyl sites for hydroxylation is 2. The molecular formula is C13H17ClN2O. The monoisotopic (exact) mass is 252 g/mol. The SMILES string of the molecule is COc1ccc(Cl)c2c1c(CCCN)cn2C. The van der Waals surface area contributed by atoms with Gasteiger partial charge in [-0.15, -0.1) is 0 Å². The van der Waals surface area contributed by atoms with E-state index in [0.717, 1.165) is 34.5 Å². The van der Waals surface area contributed by atoms with Crippen LogP contribution in [0.5, 0.6) is 5.75 Å². The van der Waals surface area contributed by atoms with Crippen molar-refractivity contribution in [1.29, 1.82) is 0 Å². The van der Waals surface area contributed by atoms with Crippen molar-refractivity contribution in [1.82, 2.24) is 4.57 Å². The minimum absolute atomic E-state index is 0.694. The number of halogens is 1. The van der Waals surface area contributed by atoms with Crippen LogP contribution >= 0.6 is 11.6 Å². The van der Waals surface area contributed by atoms with E-state index in [2.05, 4.69) is 6.20 Å². The summed E-state index contributed by atoms with van der Waals surface area (Å²) in [5.74, 6) is 0.872. The zero-order valence-corrected chi connectivity index (χ0v) is 10.9. The molecule has 1 aromatic carbocycles. The molecule has 0 saturated heterocycles. The Morgan fingerprint density at radius 1 is 1.41 bits per heavy atom. The molecule has 0 spiro atoms. The average molecular weight is 253 g/mol. The molecular weight excluding hydrogens is 236 g/mol. The van der Waals surface area contributed by atoms with Crippen molar-refractivity contribution in [2.24, 2.45) is 12.8 Å². The van der Waals surface area contributed by atoms with Crippen molar-refractivity contribution in [3.8, 4) is 5.75 Å². The molecule has 0 unspecified atom stereocenters. The lowest BCUT2D eigenvalue weighted by Crippen LogP contribution is -2.00. The van der Waals surface area contributed by atoms with Gasteiger partial charge in [0.1, 0.15) is 5.75 Å². The van der Waals surface area contributed by atoms with Crippen molar-refractivity contribution in [2.75, 3.05) is 13.7 Å². The van der Waals surface area contributed by atoms with E-state index in [9.17, 15) is 0 Å². The summed E-state index contributed by atoms with van der Waals surface area (Å²) in [6, 6.07) is 3.78. The van der Waals surface area contributed by atoms with Crippen LogP contribution in [0.1, 0.15) is 12.0 Å². The van der Waals surface area contributed by atoms with Gasteiger partial charge in [0.05, 0.1) is 17.6 Å². The number of ether oxygens (including phenoxy) is 1. The van der Waals surface area contributed by atoms with E-state index in [-0.39, 0.29) is 0 Å². The Morgan fingerprint density at radius 2 is 2.18 bits per heavy atom. The Balaban J connectivity index is 2.64. The van der Waals surface area contributed by atoms with Gasteiger partial charge >= 0.3 is 0 Å². The molecule has 92 valence electrons. The molecule has 2 N–H and O–H groups in total. The molecule has 3 nitrogen and oxygen atoms in total. The normalized spacial score (nSPS) is 11.1. The first kappa shape index (κ1) is 12.3. The van der Waals surface area contributed by atoms with Crippen LogP contribution in [0.25, 0.3) is 10.9 Å². The highest BCUT2D eigenvalue weighted by Gasteiger charge is 2.13. The molecule has 0 bridgehead atoms. The highest BCUT2D eigenvalue weighted by molar-refractivity contribution is 6.35. The fourth-order valence-corrected chi connectivity index (χ4v) is 2.51. The molecule has 4 heteroatoms. The van der Waals surface area contributed by atoms with E-state index in [1.807, 2.05) is 23.7 Å². The fourth-order valence-electron chi connectivity index (χ4n) is 2.22. The standard InChI is InChI=1S/C13H17ClN2O/c1-16-8-9(4-3-7-15)12-11(17-2)6-5-10(14)13(12)16/h5-6,8H,3-4,7,15H2,1-2H3. The zero-order valence-electron chi connectivity index (χ0n) is 10.2. The lowest BCUT2D eigenvalue weighted by Gasteiger charge is -2.06. The smallest absolute Gasteiger partial charge is 0.128 e. The quantitative estimate of drug-likeness (QED) is 0.909. The van der Waals surface area contributed by atoms with Crippen molar-refractivity contribution < 1.29 is 4.74 Å². The number of rotatable bonds is 4. The fraction of sp³-hybridized carbons (Fsp3) is 0.385. The second-order valence-electron chi connectivity index (χ2n) is 4.13. The van der Waals surface area contributed by atoms with Crippen LogP contribution in [-0.2, 0) is 13.5 Å². The zero-order chi connectivity index (χ0) is 12.4. The highest BCUT2D eigenvalue weighted by Crippen LogP contribution is 2.35. The van der Waals surface area contributed by atoms with Gasteiger partial charge in [-0.05, 0) is 37.1 Å². The van der Waals surface area contributed by atoms with E-state index in [4.69, 9.17) is 22.1 Å². The number of hydrogen-bond donors (Lipinski definition) is 1. The third kappa shape index (κ3) is 2.13. The van der Waals surface area contributed by atoms with Gasteiger partial charge in [-0.1, -0.05) is 11.6 Å². The first-order valence-corrected chi connectivity index (χ1v) is 6.07. The van der Waals surface area contributed by atoms with Gasteiger partial charge in [-0.3, -0.25) is 0 Å². The molecule has 2 rings (SSSR count). The topological polar surface area (TPSA) is 40.2 Å². The molecule has 0 amide bonds. The number of nitrogens with two attached hydrogens (primary N) is 1. The van der Waals surface area contributed by atoms with Gasteiger partial charge in [0.2, 0.25) is 0 Å². The number of nitrogens with zero attached hydrogens (tertiary/aromatic N) is 1. The summed E-state index contributed by atoms with van der Waals surface area (Å²) in [6.07, 6.45) is 4.02. The molecule has 0 radical (unpaired) electrons. The summed E-state index contributed by atoms with van der Waals surface area (Å²) in [5, 5.41) is 1.86. The molecule has 17 heavy (non-hydrogen) atoms. The van der Waals surface area contributed by atoms with Crippen LogP contribution in [0.2, 0.25) is 5.02 Å². The minimum Gasteiger partial charge on any atom is -0.496 e. The second-order valence-corrected chi connectivity index (χ2v) is 4.54. The van der Waals surface area contributed by atoms with Gasteiger partial charge in [-0.25, -0.2) is 0 Å². The Labute approximate surface area is 106 Å². The maximum absolute atomic E-state index is 6.24. The van der Waals surface area contributed by atoms with Crippen LogP contribution in [0.4, 0.5) is 0 Å². The van der Waals surface area contributed by atoms with Gasteiger partial charge in [-0.2, -0.15) is 0 Å². The van der Waals surface area contributed by atoms with Gasteiger partial charge in [0.15, 0.2) is 0 Å². The summed E-state index contributed by atoms with van der Waals surface area (Å²) in [6.45, 7) is 0.694. The molecule has 0 fully saturated rings. The van der Waals surface area contributed by atoms with Gasteiger partial charge in [0, 0.05) is 18.6 Å². The summed E-state index contributed by atoms with van der Waals surface area (Å²) in [7, 11) is 3.68. The summed E-state index contributed by atoms with van der Waals surface area (Å²) in [5.41, 5.74) is 7.83. The average Bonchev–Trinajstić information content (AvgIpc) is 2.66. The predicted octanol–water partition coefficient (Wildman–Crippen LogP) is 2.73. The molecule has 0 saturated carbocycles. The molecule has 0 aliphatic heterocycles. The lowest BCUT2D eigenvalue weighted by molar-refractivity contribution is 0.419. The molecule has 2 aromatic rings. The second kappa shape index (κ2) is 4.98. The molecule has 0 atom stereocenters. The van der Waals surface area contributed by atoms with Crippen LogP contribution in [-0.4, -0.2) is 18.2 Å². The third-order valence-electron chi connectivity index (χ3n) is 2.98. The van der Waals surface area contributed by atoms with Crippen LogP contribution < -0.4 is 10.5 Å². The first-order valence-electron chi connectivity index (χ1n) is 5.69. The van der Waals surface area contributed by atoms with Crippen molar-refractivity contribution in [2.45, 2.75) is 12.8 Å². The van der Waals surface area contributed by atoms with Crippen LogP contribution in [0.15, 0.2) is 18.3 Å². The first-order chi connectivity index (χ1) is 8.19. The number of fused-ring (bicyclic) bond motifs is 1. The van der Waals surface area contributed by atoms with E-state index in [1.165, 1.54) is 5.56 Å². The Hall–Kier alpha value is -1.19. The van der Waals surface area contributed by atoms with Gasteiger partial charge < -0.3 is 15.0 Å². The Kier molecular flexibility index (Phi) is 3.60.